The van der Waals surface area contributed by atoms with E-state index in [1.165, 1.54) is 11.3 Å². The van der Waals surface area contributed by atoms with Gasteiger partial charge in [-0.05, 0) is 31.2 Å². The smallest absolute Gasteiger partial charge is 0.270 e. The lowest BCUT2D eigenvalue weighted by Gasteiger charge is -2.27. The van der Waals surface area contributed by atoms with Crippen LogP contribution in [0.25, 0.3) is 10.6 Å². The van der Waals surface area contributed by atoms with Crippen LogP contribution < -0.4 is 10.2 Å². The third kappa shape index (κ3) is 4.40. The minimum atomic E-state index is -0.177. The second-order valence-electron chi connectivity index (χ2n) is 6.70. The fourth-order valence-corrected chi connectivity index (χ4v) is 3.90. The molecule has 1 aliphatic rings. The normalized spacial score (nSPS) is 15.4. The third-order valence-corrected chi connectivity index (χ3v) is 5.42. The van der Waals surface area contributed by atoms with Gasteiger partial charge >= 0.3 is 0 Å². The highest BCUT2D eigenvalue weighted by Gasteiger charge is 2.17. The predicted molar refractivity (Wildman–Crippen MR) is 108 cm³/mol. The Kier molecular flexibility index (Phi) is 5.68. The van der Waals surface area contributed by atoms with Gasteiger partial charge < -0.3 is 19.4 Å². The number of morpholine rings is 1. The Morgan fingerprint density at radius 1 is 1.36 bits per heavy atom. The van der Waals surface area contributed by atoms with Crippen molar-refractivity contribution in [2.75, 3.05) is 31.2 Å². The molecule has 1 fully saturated rings. The molecular formula is C20H22N4O3S. The summed E-state index contributed by atoms with van der Waals surface area (Å²) in [5.41, 5.74) is 1.39. The van der Waals surface area contributed by atoms with Crippen LogP contribution in [-0.2, 0) is 11.2 Å². The summed E-state index contributed by atoms with van der Waals surface area (Å²) in [5.74, 6) is 1.58. The van der Waals surface area contributed by atoms with Gasteiger partial charge in [0.1, 0.15) is 22.3 Å². The third-order valence-electron chi connectivity index (χ3n) is 4.53. The van der Waals surface area contributed by atoms with Crippen LogP contribution >= 0.6 is 11.3 Å². The number of aromatic nitrogens is 2. The molecule has 1 aliphatic heterocycles. The van der Waals surface area contributed by atoms with Crippen molar-refractivity contribution in [3.8, 4) is 10.6 Å². The molecule has 3 aromatic rings. The first-order valence-electron chi connectivity index (χ1n) is 9.27. The zero-order valence-corrected chi connectivity index (χ0v) is 16.4. The molecule has 1 unspecified atom stereocenters. The molecule has 1 amide bonds. The molecule has 4 heterocycles. The van der Waals surface area contributed by atoms with Gasteiger partial charge in [0.2, 0.25) is 0 Å². The van der Waals surface area contributed by atoms with E-state index in [1.807, 2.05) is 31.2 Å². The van der Waals surface area contributed by atoms with Crippen molar-refractivity contribution in [2.24, 2.45) is 0 Å². The Balaban J connectivity index is 1.43. The van der Waals surface area contributed by atoms with Gasteiger partial charge in [-0.15, -0.1) is 11.3 Å². The van der Waals surface area contributed by atoms with Crippen molar-refractivity contribution in [3.63, 3.8) is 0 Å². The minimum absolute atomic E-state index is 0.0438. The fraction of sp³-hybridized carbons (Fsp3) is 0.350. The van der Waals surface area contributed by atoms with Crippen molar-refractivity contribution >= 4 is 23.1 Å². The number of carbonyl (C=O) groups excluding carboxylic acids is 1. The fourth-order valence-electron chi connectivity index (χ4n) is 3.11. The van der Waals surface area contributed by atoms with Crippen LogP contribution in [0.4, 0.5) is 5.82 Å². The van der Waals surface area contributed by atoms with Crippen LogP contribution in [-0.4, -0.2) is 48.2 Å². The molecule has 0 radical (unpaired) electrons. The maximum atomic E-state index is 12.5. The summed E-state index contributed by atoms with van der Waals surface area (Å²) in [7, 11) is 0. The summed E-state index contributed by atoms with van der Waals surface area (Å²) in [5, 5.41) is 5.57. The van der Waals surface area contributed by atoms with Crippen molar-refractivity contribution in [2.45, 2.75) is 19.4 Å². The highest BCUT2D eigenvalue weighted by atomic mass is 32.1. The van der Waals surface area contributed by atoms with Crippen LogP contribution in [0.1, 0.15) is 23.2 Å². The molecule has 1 atom stereocenters. The van der Waals surface area contributed by atoms with Gasteiger partial charge in [-0.1, -0.05) is 0 Å². The molecule has 0 aromatic carbocycles. The Labute approximate surface area is 167 Å². The van der Waals surface area contributed by atoms with Crippen LogP contribution in [0.15, 0.2) is 46.5 Å². The van der Waals surface area contributed by atoms with E-state index in [4.69, 9.17) is 9.15 Å². The summed E-state index contributed by atoms with van der Waals surface area (Å²) < 4.78 is 10.7. The SMILES string of the molecule is CC(Cc1ccco1)NC(=O)c1csc(-c2ccnc(N3CCOCC3)c2)n1. The molecule has 28 heavy (non-hydrogen) atoms. The predicted octanol–water partition coefficient (Wildman–Crippen LogP) is 3.00. The first-order chi connectivity index (χ1) is 13.7. The van der Waals surface area contributed by atoms with Gasteiger partial charge in [-0.3, -0.25) is 4.79 Å². The Bertz CT molecular complexity index is 919. The largest absolute Gasteiger partial charge is 0.469 e. The lowest BCUT2D eigenvalue weighted by Crippen LogP contribution is -2.36. The zero-order valence-electron chi connectivity index (χ0n) is 15.6. The van der Waals surface area contributed by atoms with Crippen molar-refractivity contribution in [3.05, 3.63) is 53.6 Å². The number of anilines is 1. The maximum Gasteiger partial charge on any atom is 0.270 e. The summed E-state index contributed by atoms with van der Waals surface area (Å²) in [6, 6.07) is 7.64. The standard InChI is InChI=1S/C20H22N4O3S/c1-14(11-16-3-2-8-27-16)22-19(25)17-13-28-20(23-17)15-4-5-21-18(12-15)24-6-9-26-10-7-24/h2-5,8,12-14H,6-7,9-11H2,1H3,(H,22,25). The average molecular weight is 398 g/mol. The summed E-state index contributed by atoms with van der Waals surface area (Å²) in [6.07, 6.45) is 4.06. The summed E-state index contributed by atoms with van der Waals surface area (Å²) >= 11 is 1.46. The van der Waals surface area contributed by atoms with Crippen molar-refractivity contribution < 1.29 is 13.9 Å². The number of carbonyl (C=O) groups is 1. The number of pyridine rings is 1. The molecule has 4 rings (SSSR count). The number of thiazole rings is 1. The van der Waals surface area contributed by atoms with E-state index in [-0.39, 0.29) is 11.9 Å². The topological polar surface area (TPSA) is 80.5 Å². The van der Waals surface area contributed by atoms with Crippen molar-refractivity contribution in [1.29, 1.82) is 0 Å². The van der Waals surface area contributed by atoms with Crippen LogP contribution in [0.2, 0.25) is 0 Å². The van der Waals surface area contributed by atoms with Gasteiger partial charge in [0.25, 0.3) is 5.91 Å². The number of hydrogen-bond donors (Lipinski definition) is 1. The molecule has 0 saturated carbocycles. The number of nitrogens with zero attached hydrogens (tertiary/aromatic N) is 3. The van der Waals surface area contributed by atoms with E-state index in [0.29, 0.717) is 25.3 Å². The molecule has 8 heteroatoms. The van der Waals surface area contributed by atoms with E-state index in [0.717, 1.165) is 35.2 Å². The van der Waals surface area contributed by atoms with Gasteiger partial charge in [0.15, 0.2) is 0 Å². The van der Waals surface area contributed by atoms with Crippen LogP contribution in [0.5, 0.6) is 0 Å². The molecular weight excluding hydrogens is 376 g/mol. The summed E-state index contributed by atoms with van der Waals surface area (Å²) in [4.78, 5) is 23.7. The second-order valence-corrected chi connectivity index (χ2v) is 7.56. The molecule has 0 spiro atoms. The Hall–Kier alpha value is -2.71. The molecule has 146 valence electrons. The van der Waals surface area contributed by atoms with Crippen LogP contribution in [0.3, 0.4) is 0 Å². The zero-order chi connectivity index (χ0) is 19.3. The van der Waals surface area contributed by atoms with Gasteiger partial charge in [-0.25, -0.2) is 9.97 Å². The maximum absolute atomic E-state index is 12.5. The van der Waals surface area contributed by atoms with E-state index in [1.54, 1.807) is 17.8 Å². The molecule has 0 bridgehead atoms. The summed E-state index contributed by atoms with van der Waals surface area (Å²) in [6.45, 7) is 5.03. The Morgan fingerprint density at radius 3 is 3.00 bits per heavy atom. The first-order valence-corrected chi connectivity index (χ1v) is 10.1. The number of rotatable bonds is 6. The quantitative estimate of drug-likeness (QED) is 0.688. The monoisotopic (exact) mass is 398 g/mol. The molecule has 1 N–H and O–H groups in total. The molecule has 0 aliphatic carbocycles. The van der Waals surface area contributed by atoms with E-state index in [9.17, 15) is 4.79 Å². The number of ether oxygens (including phenoxy) is 1. The van der Waals surface area contributed by atoms with Crippen LogP contribution in [0, 0.1) is 0 Å². The first kappa shape index (κ1) is 18.6. The van der Waals surface area contributed by atoms with Gasteiger partial charge in [0, 0.05) is 42.7 Å². The highest BCUT2D eigenvalue weighted by Crippen LogP contribution is 2.26. The number of furan rings is 1. The lowest BCUT2D eigenvalue weighted by molar-refractivity contribution is 0.0935. The van der Waals surface area contributed by atoms with Gasteiger partial charge in [0.05, 0.1) is 19.5 Å². The van der Waals surface area contributed by atoms with E-state index < -0.39 is 0 Å². The minimum Gasteiger partial charge on any atom is -0.469 e. The molecule has 3 aromatic heterocycles. The van der Waals surface area contributed by atoms with E-state index in [2.05, 4.69) is 20.2 Å². The highest BCUT2D eigenvalue weighted by molar-refractivity contribution is 7.13. The molecule has 1 saturated heterocycles. The number of amides is 1. The number of hydrogen-bond acceptors (Lipinski definition) is 7. The molecule has 7 nitrogen and oxygen atoms in total. The van der Waals surface area contributed by atoms with Crippen molar-refractivity contribution in [1.82, 2.24) is 15.3 Å². The average Bonchev–Trinajstić information content (AvgIpc) is 3.41. The lowest BCUT2D eigenvalue weighted by atomic mass is 10.2. The van der Waals surface area contributed by atoms with E-state index >= 15 is 0 Å². The van der Waals surface area contributed by atoms with Gasteiger partial charge in [-0.2, -0.15) is 0 Å². The number of nitrogens with one attached hydrogen (secondary N) is 1. The second kappa shape index (κ2) is 8.53. The Morgan fingerprint density at radius 2 is 2.21 bits per heavy atom.